The lowest BCUT2D eigenvalue weighted by Gasteiger charge is -2.08. The van der Waals surface area contributed by atoms with Gasteiger partial charge >= 0.3 is 0 Å². The molecule has 6 nitrogen and oxygen atoms in total. The highest BCUT2D eigenvalue weighted by molar-refractivity contribution is 7.08. The van der Waals surface area contributed by atoms with Crippen molar-refractivity contribution in [1.29, 1.82) is 0 Å². The van der Waals surface area contributed by atoms with E-state index in [2.05, 4.69) is 15.3 Å². The minimum absolute atomic E-state index is 0.0964. The fourth-order valence-corrected chi connectivity index (χ4v) is 2.75. The quantitative estimate of drug-likeness (QED) is 0.770. The first kappa shape index (κ1) is 14.9. The Morgan fingerprint density at radius 3 is 2.52 bits per heavy atom. The molecule has 0 atom stereocenters. The number of amides is 2. The van der Waals surface area contributed by atoms with E-state index in [1.54, 1.807) is 17.4 Å². The molecule has 0 aliphatic carbocycles. The Morgan fingerprint density at radius 2 is 1.83 bits per heavy atom. The van der Waals surface area contributed by atoms with Crippen LogP contribution in [0.25, 0.3) is 11.1 Å². The highest BCUT2D eigenvalue weighted by atomic mass is 32.1. The van der Waals surface area contributed by atoms with E-state index in [0.717, 1.165) is 11.1 Å². The number of nitrogens with one attached hydrogen (secondary N) is 1. The minimum atomic E-state index is -0.796. The van der Waals surface area contributed by atoms with Gasteiger partial charge in [0.15, 0.2) is 11.4 Å². The molecule has 3 rings (SSSR count). The van der Waals surface area contributed by atoms with Crippen LogP contribution in [0.1, 0.15) is 21.0 Å². The van der Waals surface area contributed by atoms with Crippen molar-refractivity contribution < 1.29 is 9.59 Å². The van der Waals surface area contributed by atoms with Gasteiger partial charge in [-0.15, -0.1) is 0 Å². The van der Waals surface area contributed by atoms with Crippen LogP contribution < -0.4 is 11.1 Å². The lowest BCUT2D eigenvalue weighted by molar-refractivity contribution is 0.0969. The summed E-state index contributed by atoms with van der Waals surface area (Å²) in [5.74, 6) is -1.33. The van der Waals surface area contributed by atoms with Gasteiger partial charge in [0.05, 0.1) is 0 Å². The van der Waals surface area contributed by atoms with Gasteiger partial charge in [0.1, 0.15) is 0 Å². The number of primary amides is 1. The second kappa shape index (κ2) is 6.37. The van der Waals surface area contributed by atoms with E-state index < -0.39 is 11.8 Å². The van der Waals surface area contributed by atoms with Crippen LogP contribution in [0.4, 0.5) is 5.69 Å². The first-order valence-electron chi connectivity index (χ1n) is 6.70. The third kappa shape index (κ3) is 3.24. The Kier molecular flexibility index (Phi) is 4.11. The van der Waals surface area contributed by atoms with Gasteiger partial charge in [-0.05, 0) is 40.1 Å². The Morgan fingerprint density at radius 1 is 1.04 bits per heavy atom. The lowest BCUT2D eigenvalue weighted by Crippen LogP contribution is -2.23. The van der Waals surface area contributed by atoms with E-state index in [4.69, 9.17) is 5.73 Å². The summed E-state index contributed by atoms with van der Waals surface area (Å²) in [6, 6.07) is 9.40. The fraction of sp³-hybridized carbons (Fsp3) is 0. The molecule has 0 aliphatic heterocycles. The van der Waals surface area contributed by atoms with Gasteiger partial charge in [0.25, 0.3) is 11.8 Å². The van der Waals surface area contributed by atoms with Gasteiger partial charge in [-0.3, -0.25) is 9.59 Å². The van der Waals surface area contributed by atoms with Crippen LogP contribution >= 0.6 is 11.3 Å². The average Bonchev–Trinajstić information content (AvgIpc) is 3.09. The highest BCUT2D eigenvalue weighted by Crippen LogP contribution is 2.24. The molecule has 0 saturated heterocycles. The largest absolute Gasteiger partial charge is 0.364 e. The molecular formula is C16H12N4O2S. The van der Waals surface area contributed by atoms with Crippen molar-refractivity contribution in [3.05, 3.63) is 64.9 Å². The molecular weight excluding hydrogens is 312 g/mol. The number of carbonyl (C=O) groups excluding carboxylic acids is 2. The van der Waals surface area contributed by atoms with Crippen LogP contribution in [0.15, 0.2) is 53.5 Å². The summed E-state index contributed by atoms with van der Waals surface area (Å²) in [7, 11) is 0. The number of nitrogens with two attached hydrogens (primary N) is 1. The number of anilines is 1. The number of thiophene rings is 1. The second-order valence-corrected chi connectivity index (χ2v) is 5.44. The van der Waals surface area contributed by atoms with Gasteiger partial charge in [0.2, 0.25) is 0 Å². The van der Waals surface area contributed by atoms with Crippen LogP contribution in [-0.4, -0.2) is 21.8 Å². The van der Waals surface area contributed by atoms with Crippen molar-refractivity contribution in [3.63, 3.8) is 0 Å². The van der Waals surface area contributed by atoms with Gasteiger partial charge in [-0.25, -0.2) is 9.97 Å². The predicted molar refractivity (Wildman–Crippen MR) is 88.3 cm³/mol. The maximum atomic E-state index is 12.3. The minimum Gasteiger partial charge on any atom is -0.364 e. The third-order valence-corrected chi connectivity index (χ3v) is 3.80. The first-order chi connectivity index (χ1) is 11.1. The highest BCUT2D eigenvalue weighted by Gasteiger charge is 2.18. The molecule has 23 heavy (non-hydrogen) atoms. The number of nitrogens with zero attached hydrogens (tertiary/aromatic N) is 2. The van der Waals surface area contributed by atoms with Crippen LogP contribution in [0.2, 0.25) is 0 Å². The van der Waals surface area contributed by atoms with Crippen molar-refractivity contribution in [3.8, 4) is 11.1 Å². The fourth-order valence-electron chi connectivity index (χ4n) is 2.08. The molecule has 0 aliphatic rings. The summed E-state index contributed by atoms with van der Waals surface area (Å²) in [6.45, 7) is 0. The van der Waals surface area contributed by atoms with Crippen molar-refractivity contribution >= 4 is 28.8 Å². The van der Waals surface area contributed by atoms with E-state index in [1.807, 2.05) is 35.0 Å². The molecule has 2 heterocycles. The van der Waals surface area contributed by atoms with Crippen molar-refractivity contribution in [2.75, 3.05) is 5.32 Å². The summed E-state index contributed by atoms with van der Waals surface area (Å²) < 4.78 is 0. The third-order valence-electron chi connectivity index (χ3n) is 3.12. The van der Waals surface area contributed by atoms with Crippen molar-refractivity contribution in [2.45, 2.75) is 0 Å². The van der Waals surface area contributed by atoms with Crippen LogP contribution in [-0.2, 0) is 0 Å². The molecule has 3 aromatic rings. The maximum absolute atomic E-state index is 12.3. The topological polar surface area (TPSA) is 98.0 Å². The summed E-state index contributed by atoms with van der Waals surface area (Å²) in [6.07, 6.45) is 2.65. The van der Waals surface area contributed by atoms with E-state index in [-0.39, 0.29) is 11.4 Å². The number of carbonyl (C=O) groups is 2. The number of hydrogen-bond acceptors (Lipinski definition) is 5. The Hall–Kier alpha value is -3.06. The van der Waals surface area contributed by atoms with Crippen LogP contribution in [0.3, 0.4) is 0 Å². The molecule has 0 radical (unpaired) electrons. The van der Waals surface area contributed by atoms with Crippen molar-refractivity contribution in [2.24, 2.45) is 5.73 Å². The van der Waals surface area contributed by atoms with Gasteiger partial charge < -0.3 is 11.1 Å². The Bertz CT molecular complexity index is 862. The summed E-state index contributed by atoms with van der Waals surface area (Å²) in [5.41, 5.74) is 7.62. The molecule has 0 spiro atoms. The van der Waals surface area contributed by atoms with E-state index >= 15 is 0 Å². The smallest absolute Gasteiger partial charge is 0.276 e. The van der Waals surface area contributed by atoms with E-state index in [0.29, 0.717) is 5.69 Å². The average molecular weight is 324 g/mol. The summed E-state index contributed by atoms with van der Waals surface area (Å²) in [4.78, 5) is 31.3. The monoisotopic (exact) mass is 324 g/mol. The molecule has 2 amide bonds. The molecule has 0 bridgehead atoms. The summed E-state index contributed by atoms with van der Waals surface area (Å²) in [5, 5.41) is 6.72. The van der Waals surface area contributed by atoms with E-state index in [1.165, 1.54) is 12.4 Å². The second-order valence-electron chi connectivity index (χ2n) is 4.66. The maximum Gasteiger partial charge on any atom is 0.276 e. The molecule has 1 aromatic carbocycles. The first-order valence-corrected chi connectivity index (χ1v) is 7.64. The number of rotatable bonds is 4. The number of aromatic nitrogens is 2. The normalized spacial score (nSPS) is 10.3. The van der Waals surface area contributed by atoms with Crippen molar-refractivity contribution in [1.82, 2.24) is 9.97 Å². The van der Waals surface area contributed by atoms with Gasteiger partial charge in [-0.1, -0.05) is 12.1 Å². The molecule has 7 heteroatoms. The number of benzene rings is 1. The van der Waals surface area contributed by atoms with Gasteiger partial charge in [-0.2, -0.15) is 11.3 Å². The molecule has 3 N–H and O–H groups in total. The summed E-state index contributed by atoms with van der Waals surface area (Å²) >= 11 is 1.60. The zero-order valence-electron chi connectivity index (χ0n) is 11.9. The Balaban J connectivity index is 1.87. The SMILES string of the molecule is NC(=O)c1nccnc1C(=O)Nc1cccc(-c2ccsc2)c1. The van der Waals surface area contributed by atoms with Crippen LogP contribution in [0.5, 0.6) is 0 Å². The van der Waals surface area contributed by atoms with Gasteiger partial charge in [0, 0.05) is 18.1 Å². The standard InChI is InChI=1S/C16H12N4O2S/c17-15(21)13-14(19-6-5-18-13)16(22)20-12-3-1-2-10(8-12)11-4-7-23-9-11/h1-9H,(H2,17,21)(H,20,22). The van der Waals surface area contributed by atoms with E-state index in [9.17, 15) is 9.59 Å². The molecule has 2 aromatic heterocycles. The zero-order valence-corrected chi connectivity index (χ0v) is 12.7. The molecule has 0 fully saturated rings. The lowest BCUT2D eigenvalue weighted by atomic mass is 10.1. The predicted octanol–water partition coefficient (Wildman–Crippen LogP) is 2.56. The Labute approximate surface area is 136 Å². The van der Waals surface area contributed by atoms with Crippen LogP contribution in [0, 0.1) is 0 Å². The molecule has 0 unspecified atom stereocenters. The molecule has 0 saturated carbocycles. The number of hydrogen-bond donors (Lipinski definition) is 2. The zero-order chi connectivity index (χ0) is 16.2. The molecule has 114 valence electrons.